The van der Waals surface area contributed by atoms with Gasteiger partial charge in [0, 0.05) is 12.0 Å². The highest BCUT2D eigenvalue weighted by molar-refractivity contribution is 5.96. The lowest BCUT2D eigenvalue weighted by Gasteiger charge is -2.31. The maximum absolute atomic E-state index is 12.6. The first-order chi connectivity index (χ1) is 13.1. The van der Waals surface area contributed by atoms with Gasteiger partial charge in [-0.1, -0.05) is 50.5 Å². The van der Waals surface area contributed by atoms with Crippen LogP contribution in [0.1, 0.15) is 70.1 Å². The minimum atomic E-state index is -1.13. The minimum Gasteiger partial charge on any atom is -0.488 e. The fourth-order valence-electron chi connectivity index (χ4n) is 3.25. The molecule has 0 spiro atoms. The van der Waals surface area contributed by atoms with Gasteiger partial charge < -0.3 is 14.2 Å². The van der Waals surface area contributed by atoms with Gasteiger partial charge >= 0.3 is 11.9 Å². The number of carbonyl (C=O) groups is 2. The van der Waals surface area contributed by atoms with Gasteiger partial charge in [-0.05, 0) is 31.9 Å². The van der Waals surface area contributed by atoms with Crippen LogP contribution < -0.4 is 0 Å². The zero-order valence-corrected chi connectivity index (χ0v) is 16.5. The summed E-state index contributed by atoms with van der Waals surface area (Å²) in [5, 5.41) is 0. The van der Waals surface area contributed by atoms with Crippen LogP contribution in [0.3, 0.4) is 0 Å². The van der Waals surface area contributed by atoms with Gasteiger partial charge in [0.25, 0.3) is 0 Å². The topological polar surface area (TPSA) is 61.8 Å². The van der Waals surface area contributed by atoms with E-state index in [4.69, 9.17) is 14.2 Å². The molecule has 5 nitrogen and oxygen atoms in total. The third kappa shape index (κ3) is 5.59. The molecule has 0 aromatic heterocycles. The summed E-state index contributed by atoms with van der Waals surface area (Å²) >= 11 is 0. The molecule has 0 aliphatic carbocycles. The van der Waals surface area contributed by atoms with Crippen molar-refractivity contribution in [1.29, 1.82) is 0 Å². The van der Waals surface area contributed by atoms with Crippen LogP contribution in [0.15, 0.2) is 30.0 Å². The van der Waals surface area contributed by atoms with Gasteiger partial charge in [0.2, 0.25) is 0 Å². The predicted molar refractivity (Wildman–Crippen MR) is 104 cm³/mol. The summed E-state index contributed by atoms with van der Waals surface area (Å²) in [4.78, 5) is 25.1. The predicted octanol–water partition coefficient (Wildman–Crippen LogP) is 4.81. The number of hydrogen-bond donors (Lipinski definition) is 0. The lowest BCUT2D eigenvalue weighted by atomic mass is 9.89. The number of esters is 2. The highest BCUT2D eigenvalue weighted by Gasteiger charge is 2.42. The van der Waals surface area contributed by atoms with Crippen molar-refractivity contribution in [2.45, 2.75) is 59.0 Å². The summed E-state index contributed by atoms with van der Waals surface area (Å²) in [5.74, 6) is -1.55. The SMILES string of the molecule is CCCCCCC1=Cc2ccccc2C(C(C(=O)OCC)C(=O)OCC)O1. The molecule has 5 heteroatoms. The Kier molecular flexibility index (Phi) is 8.37. The molecular weight excluding hydrogens is 344 g/mol. The fraction of sp³-hybridized carbons (Fsp3) is 0.545. The zero-order chi connectivity index (χ0) is 19.6. The van der Waals surface area contributed by atoms with Crippen LogP contribution >= 0.6 is 0 Å². The second-order valence-corrected chi connectivity index (χ2v) is 6.57. The van der Waals surface area contributed by atoms with Gasteiger partial charge in [-0.25, -0.2) is 0 Å². The molecular formula is C22H30O5. The van der Waals surface area contributed by atoms with Crippen molar-refractivity contribution in [2.75, 3.05) is 13.2 Å². The molecule has 0 radical (unpaired) electrons. The van der Waals surface area contributed by atoms with Crippen LogP contribution in [0.5, 0.6) is 0 Å². The Bertz CT molecular complexity index is 646. The Morgan fingerprint density at radius 3 is 2.30 bits per heavy atom. The van der Waals surface area contributed by atoms with E-state index in [9.17, 15) is 9.59 Å². The molecule has 2 rings (SSSR count). The first-order valence-electron chi connectivity index (χ1n) is 9.91. The molecule has 148 valence electrons. The van der Waals surface area contributed by atoms with Crippen LogP contribution in [0.2, 0.25) is 0 Å². The van der Waals surface area contributed by atoms with E-state index in [1.807, 2.05) is 30.3 Å². The third-order valence-electron chi connectivity index (χ3n) is 4.56. The second kappa shape index (κ2) is 10.8. The van der Waals surface area contributed by atoms with E-state index in [-0.39, 0.29) is 13.2 Å². The highest BCUT2D eigenvalue weighted by atomic mass is 16.6. The van der Waals surface area contributed by atoms with Crippen molar-refractivity contribution in [2.24, 2.45) is 5.92 Å². The van der Waals surface area contributed by atoms with Gasteiger partial charge in [0.05, 0.1) is 19.0 Å². The van der Waals surface area contributed by atoms with E-state index in [1.165, 1.54) is 12.8 Å². The number of unbranched alkanes of at least 4 members (excludes halogenated alkanes) is 3. The van der Waals surface area contributed by atoms with Crippen molar-refractivity contribution in [1.82, 2.24) is 0 Å². The van der Waals surface area contributed by atoms with Gasteiger partial charge in [0.15, 0.2) is 5.92 Å². The summed E-state index contributed by atoms with van der Waals surface area (Å²) in [6.07, 6.45) is 6.54. The highest BCUT2D eigenvalue weighted by Crippen LogP contribution is 2.38. The molecule has 0 bridgehead atoms. The smallest absolute Gasteiger partial charge is 0.324 e. The van der Waals surface area contributed by atoms with E-state index in [2.05, 4.69) is 6.92 Å². The molecule has 27 heavy (non-hydrogen) atoms. The number of benzene rings is 1. The van der Waals surface area contributed by atoms with Gasteiger partial charge in [-0.15, -0.1) is 0 Å². The van der Waals surface area contributed by atoms with Crippen LogP contribution in [-0.2, 0) is 23.8 Å². The number of hydrogen-bond acceptors (Lipinski definition) is 5. The molecule has 1 atom stereocenters. The molecule has 0 fully saturated rings. The fourth-order valence-corrected chi connectivity index (χ4v) is 3.25. The Hall–Kier alpha value is -2.30. The largest absolute Gasteiger partial charge is 0.488 e. The lowest BCUT2D eigenvalue weighted by molar-refractivity contribution is -0.168. The Morgan fingerprint density at radius 1 is 1.00 bits per heavy atom. The van der Waals surface area contributed by atoms with Crippen LogP contribution in [0.4, 0.5) is 0 Å². The molecule has 1 unspecified atom stereocenters. The van der Waals surface area contributed by atoms with E-state index >= 15 is 0 Å². The van der Waals surface area contributed by atoms with E-state index in [0.29, 0.717) is 0 Å². The van der Waals surface area contributed by atoms with Crippen molar-refractivity contribution >= 4 is 18.0 Å². The van der Waals surface area contributed by atoms with Crippen LogP contribution in [0.25, 0.3) is 6.08 Å². The number of rotatable bonds is 10. The summed E-state index contributed by atoms with van der Waals surface area (Å²) in [7, 11) is 0. The molecule has 0 saturated heterocycles. The summed E-state index contributed by atoms with van der Waals surface area (Å²) in [5.41, 5.74) is 1.78. The molecule has 0 N–H and O–H groups in total. The standard InChI is InChI=1S/C22H30O5/c1-4-7-8-9-13-17-15-16-12-10-11-14-18(16)20(27-17)19(21(23)25-5-2)22(24)26-6-3/h10-12,14-15,19-20H,4-9,13H2,1-3H3. The van der Waals surface area contributed by atoms with E-state index in [0.717, 1.165) is 36.1 Å². The number of allylic oxidation sites excluding steroid dienone is 1. The zero-order valence-electron chi connectivity index (χ0n) is 16.5. The van der Waals surface area contributed by atoms with E-state index < -0.39 is 24.0 Å². The molecule has 1 aromatic carbocycles. The first kappa shape index (κ1) is 21.0. The average Bonchev–Trinajstić information content (AvgIpc) is 2.66. The van der Waals surface area contributed by atoms with Gasteiger partial charge in [-0.3, -0.25) is 9.59 Å². The molecule has 1 aliphatic heterocycles. The van der Waals surface area contributed by atoms with E-state index in [1.54, 1.807) is 13.8 Å². The number of fused-ring (bicyclic) bond motifs is 1. The van der Waals surface area contributed by atoms with Crippen molar-refractivity contribution in [3.8, 4) is 0 Å². The average molecular weight is 374 g/mol. The Labute approximate surface area is 161 Å². The Morgan fingerprint density at radius 2 is 1.67 bits per heavy atom. The molecule has 1 heterocycles. The lowest BCUT2D eigenvalue weighted by Crippen LogP contribution is -2.35. The monoisotopic (exact) mass is 374 g/mol. The normalized spacial score (nSPS) is 15.6. The minimum absolute atomic E-state index is 0.197. The summed E-state index contributed by atoms with van der Waals surface area (Å²) in [6, 6.07) is 7.68. The third-order valence-corrected chi connectivity index (χ3v) is 4.56. The first-order valence-corrected chi connectivity index (χ1v) is 9.91. The number of ether oxygens (including phenoxy) is 3. The molecule has 0 saturated carbocycles. The Balaban J connectivity index is 2.30. The summed E-state index contributed by atoms with van der Waals surface area (Å²) in [6.45, 7) is 6.00. The maximum atomic E-state index is 12.6. The number of carbonyl (C=O) groups excluding carboxylic acids is 2. The quantitative estimate of drug-likeness (QED) is 0.334. The van der Waals surface area contributed by atoms with Crippen LogP contribution in [-0.4, -0.2) is 25.2 Å². The maximum Gasteiger partial charge on any atom is 0.324 e. The van der Waals surface area contributed by atoms with Crippen LogP contribution in [0, 0.1) is 5.92 Å². The summed E-state index contributed by atoms with van der Waals surface area (Å²) < 4.78 is 16.4. The van der Waals surface area contributed by atoms with Gasteiger partial charge in [-0.2, -0.15) is 0 Å². The molecule has 1 aromatic rings. The molecule has 1 aliphatic rings. The molecule has 0 amide bonds. The van der Waals surface area contributed by atoms with Crippen molar-refractivity contribution in [3.63, 3.8) is 0 Å². The van der Waals surface area contributed by atoms with Crippen molar-refractivity contribution in [3.05, 3.63) is 41.2 Å². The van der Waals surface area contributed by atoms with Crippen molar-refractivity contribution < 1.29 is 23.8 Å². The second-order valence-electron chi connectivity index (χ2n) is 6.57. The van der Waals surface area contributed by atoms with Gasteiger partial charge in [0.1, 0.15) is 6.10 Å².